The van der Waals surface area contributed by atoms with Crippen LogP contribution in [0.1, 0.15) is 5.69 Å². The molecule has 0 unspecified atom stereocenters. The van der Waals surface area contributed by atoms with E-state index in [9.17, 15) is 0 Å². The van der Waals surface area contributed by atoms with Crippen LogP contribution in [0.4, 0.5) is 0 Å². The van der Waals surface area contributed by atoms with Crippen LogP contribution in [0.3, 0.4) is 0 Å². The monoisotopic (exact) mass is 262 g/mol. The molecule has 2 aromatic heterocycles. The van der Waals surface area contributed by atoms with Crippen LogP contribution in [-0.2, 0) is 0 Å². The summed E-state index contributed by atoms with van der Waals surface area (Å²) in [5, 5.41) is 12.9. The highest BCUT2D eigenvalue weighted by molar-refractivity contribution is 5.38. The largest absolute Gasteiger partial charge is 0.439 e. The Morgan fingerprint density at radius 2 is 1.90 bits per heavy atom. The quantitative estimate of drug-likeness (QED) is 0.728. The van der Waals surface area contributed by atoms with E-state index in [1.807, 2.05) is 42.6 Å². The van der Waals surface area contributed by atoms with E-state index in [0.29, 0.717) is 17.3 Å². The van der Waals surface area contributed by atoms with Crippen molar-refractivity contribution in [1.29, 1.82) is 5.26 Å². The summed E-state index contributed by atoms with van der Waals surface area (Å²) in [6, 6.07) is 16.4. The van der Waals surface area contributed by atoms with Crippen LogP contribution in [0.5, 0.6) is 11.6 Å². The molecule has 0 bridgehead atoms. The van der Waals surface area contributed by atoms with Gasteiger partial charge >= 0.3 is 0 Å². The molecule has 0 radical (unpaired) electrons. The van der Waals surface area contributed by atoms with Gasteiger partial charge in [-0.15, -0.1) is 0 Å². The molecule has 0 aliphatic carbocycles. The minimum atomic E-state index is 0.329. The molecule has 0 aliphatic heterocycles. The maximum absolute atomic E-state index is 8.79. The molecule has 0 saturated heterocycles. The van der Waals surface area contributed by atoms with Crippen molar-refractivity contribution in [2.45, 2.75) is 0 Å². The summed E-state index contributed by atoms with van der Waals surface area (Å²) in [5.41, 5.74) is 1.27. The zero-order valence-electron chi connectivity index (χ0n) is 10.5. The van der Waals surface area contributed by atoms with Crippen molar-refractivity contribution in [3.63, 3.8) is 0 Å². The molecule has 20 heavy (non-hydrogen) atoms. The first-order valence-corrected chi connectivity index (χ1v) is 6.00. The van der Waals surface area contributed by atoms with Crippen LogP contribution in [0.25, 0.3) is 5.69 Å². The molecule has 0 spiro atoms. The number of nitriles is 1. The zero-order valence-corrected chi connectivity index (χ0v) is 10.5. The van der Waals surface area contributed by atoms with Gasteiger partial charge in [0, 0.05) is 18.5 Å². The molecule has 3 rings (SSSR count). The number of aromatic nitrogens is 3. The van der Waals surface area contributed by atoms with E-state index in [1.165, 1.54) is 0 Å². The fraction of sp³-hybridized carbons (Fsp3) is 0. The van der Waals surface area contributed by atoms with E-state index in [1.54, 1.807) is 29.1 Å². The molecule has 0 N–H and O–H groups in total. The highest BCUT2D eigenvalue weighted by Crippen LogP contribution is 2.20. The van der Waals surface area contributed by atoms with Crippen molar-refractivity contribution in [1.82, 2.24) is 14.8 Å². The topological polar surface area (TPSA) is 63.7 Å². The van der Waals surface area contributed by atoms with Crippen LogP contribution in [0, 0.1) is 11.3 Å². The van der Waals surface area contributed by atoms with Crippen LogP contribution < -0.4 is 4.74 Å². The predicted octanol–water partition coefficient (Wildman–Crippen LogP) is 2.93. The summed E-state index contributed by atoms with van der Waals surface area (Å²) in [6.07, 6.45) is 3.59. The highest BCUT2D eigenvalue weighted by Gasteiger charge is 2.01. The van der Waals surface area contributed by atoms with Crippen molar-refractivity contribution in [2.24, 2.45) is 0 Å². The second-order valence-corrected chi connectivity index (χ2v) is 4.02. The Balaban J connectivity index is 1.80. The molecule has 5 nitrogen and oxygen atoms in total. The Hall–Kier alpha value is -3.13. The Labute approximate surface area is 115 Å². The van der Waals surface area contributed by atoms with Gasteiger partial charge in [0.25, 0.3) is 0 Å². The lowest BCUT2D eigenvalue weighted by atomic mass is 10.3. The molecule has 2 heterocycles. The molecular formula is C15H10N4O. The Morgan fingerprint density at radius 1 is 1.05 bits per heavy atom. The third kappa shape index (κ3) is 2.49. The van der Waals surface area contributed by atoms with Crippen LogP contribution in [0.15, 0.2) is 60.9 Å². The summed E-state index contributed by atoms with van der Waals surface area (Å²) in [4.78, 5) is 4.06. The average Bonchev–Trinajstić information content (AvgIpc) is 3.02. The summed E-state index contributed by atoms with van der Waals surface area (Å²) >= 11 is 0. The summed E-state index contributed by atoms with van der Waals surface area (Å²) in [6.45, 7) is 0. The Bertz CT molecular complexity index is 742. The number of benzene rings is 1. The molecule has 0 saturated carbocycles. The fourth-order valence-electron chi connectivity index (χ4n) is 1.74. The van der Waals surface area contributed by atoms with Crippen LogP contribution in [0.2, 0.25) is 0 Å². The van der Waals surface area contributed by atoms with Gasteiger partial charge in [0.1, 0.15) is 17.5 Å². The van der Waals surface area contributed by atoms with Crippen LogP contribution in [-0.4, -0.2) is 14.8 Å². The lowest BCUT2D eigenvalue weighted by Crippen LogP contribution is -1.94. The fourth-order valence-corrected chi connectivity index (χ4v) is 1.74. The van der Waals surface area contributed by atoms with Crippen molar-refractivity contribution in [3.05, 3.63) is 66.6 Å². The van der Waals surface area contributed by atoms with E-state index in [0.717, 1.165) is 5.69 Å². The van der Waals surface area contributed by atoms with Crippen molar-refractivity contribution in [2.75, 3.05) is 0 Å². The SMILES string of the molecule is N#Cc1cccc(Oc2ccc(-n3cccn3)cc2)n1. The van der Waals surface area contributed by atoms with Gasteiger partial charge in [-0.1, -0.05) is 6.07 Å². The van der Waals surface area contributed by atoms with E-state index in [2.05, 4.69) is 10.1 Å². The molecule has 0 atom stereocenters. The number of rotatable bonds is 3. The Morgan fingerprint density at radius 3 is 2.60 bits per heavy atom. The second-order valence-electron chi connectivity index (χ2n) is 4.02. The number of hydrogen-bond acceptors (Lipinski definition) is 4. The minimum Gasteiger partial charge on any atom is -0.439 e. The van der Waals surface area contributed by atoms with Crippen molar-refractivity contribution >= 4 is 0 Å². The summed E-state index contributed by atoms with van der Waals surface area (Å²) in [5.74, 6) is 1.05. The number of nitrogens with zero attached hydrogens (tertiary/aromatic N) is 4. The van der Waals surface area contributed by atoms with Crippen molar-refractivity contribution < 1.29 is 4.74 Å². The minimum absolute atomic E-state index is 0.329. The van der Waals surface area contributed by atoms with Gasteiger partial charge in [-0.2, -0.15) is 10.4 Å². The number of hydrogen-bond donors (Lipinski definition) is 0. The molecule has 5 heteroatoms. The van der Waals surface area contributed by atoms with Crippen LogP contribution >= 0.6 is 0 Å². The average molecular weight is 262 g/mol. The molecular weight excluding hydrogens is 252 g/mol. The van der Waals surface area contributed by atoms with Gasteiger partial charge in [-0.25, -0.2) is 9.67 Å². The first-order valence-electron chi connectivity index (χ1n) is 6.00. The standard InChI is InChI=1S/C15H10N4O/c16-11-12-3-1-4-15(18-12)20-14-7-5-13(6-8-14)19-10-2-9-17-19/h1-10H. The number of ether oxygens (including phenoxy) is 1. The molecule has 0 fully saturated rings. The van der Waals surface area contributed by atoms with Gasteiger partial charge in [-0.3, -0.25) is 0 Å². The first kappa shape index (κ1) is 11.9. The maximum atomic E-state index is 8.79. The van der Waals surface area contributed by atoms with Gasteiger partial charge < -0.3 is 4.74 Å². The lowest BCUT2D eigenvalue weighted by molar-refractivity contribution is 0.462. The maximum Gasteiger partial charge on any atom is 0.220 e. The molecule has 0 amide bonds. The highest BCUT2D eigenvalue weighted by atomic mass is 16.5. The van der Waals surface area contributed by atoms with E-state index < -0.39 is 0 Å². The third-order valence-corrected chi connectivity index (χ3v) is 2.67. The molecule has 96 valence electrons. The molecule has 0 aliphatic rings. The Kier molecular flexibility index (Phi) is 3.13. The normalized spacial score (nSPS) is 9.95. The van der Waals surface area contributed by atoms with E-state index >= 15 is 0 Å². The van der Waals surface area contributed by atoms with E-state index in [-0.39, 0.29) is 0 Å². The smallest absolute Gasteiger partial charge is 0.220 e. The molecule has 3 aromatic rings. The lowest BCUT2D eigenvalue weighted by Gasteiger charge is -2.06. The third-order valence-electron chi connectivity index (χ3n) is 2.67. The number of pyridine rings is 1. The van der Waals surface area contributed by atoms with E-state index in [4.69, 9.17) is 10.00 Å². The summed E-state index contributed by atoms with van der Waals surface area (Å²) < 4.78 is 7.36. The van der Waals surface area contributed by atoms with Gasteiger partial charge in [0.05, 0.1) is 5.69 Å². The van der Waals surface area contributed by atoms with Gasteiger partial charge in [0.15, 0.2) is 0 Å². The van der Waals surface area contributed by atoms with Crippen molar-refractivity contribution in [3.8, 4) is 23.4 Å². The summed E-state index contributed by atoms with van der Waals surface area (Å²) in [7, 11) is 0. The second kappa shape index (κ2) is 5.24. The van der Waals surface area contributed by atoms with Gasteiger partial charge in [0.2, 0.25) is 5.88 Å². The van der Waals surface area contributed by atoms with Gasteiger partial charge in [-0.05, 0) is 36.4 Å². The first-order chi connectivity index (χ1) is 9.85. The molecule has 1 aromatic carbocycles. The zero-order chi connectivity index (χ0) is 13.8. The predicted molar refractivity (Wildman–Crippen MR) is 72.6 cm³/mol.